The minimum Gasteiger partial charge on any atom is -0.378 e. The van der Waals surface area contributed by atoms with Crippen molar-refractivity contribution in [2.45, 2.75) is 23.6 Å². The first-order valence-electron chi connectivity index (χ1n) is 18.8. The molecule has 59 heavy (non-hydrogen) atoms. The first-order chi connectivity index (χ1) is 28.4. The van der Waals surface area contributed by atoms with Crippen molar-refractivity contribution >= 4 is 80.6 Å². The highest BCUT2D eigenvalue weighted by atomic mass is 32.2. The Balaban J connectivity index is 1.24. The molecule has 0 aliphatic carbocycles. The van der Waals surface area contributed by atoms with Crippen LogP contribution in [-0.4, -0.2) is 32.5 Å². The SMILES string of the molecule is C=C1C(c2cc(OS(=O)(=O)c3ccc(C)cc3)c(-c3nc4c5ccccc5c5ccccc5c4[nH]3)cc2OS(=O)(=O)c2ccc(C)cc2)=Nc2ccc3ccccc3c21. The molecule has 1 aromatic heterocycles. The lowest BCUT2D eigenvalue weighted by Gasteiger charge is -2.17. The van der Waals surface area contributed by atoms with Gasteiger partial charge in [-0.2, -0.15) is 16.8 Å². The molecule has 11 heteroatoms. The van der Waals surface area contributed by atoms with Gasteiger partial charge in [0.2, 0.25) is 0 Å². The Labute approximate surface area is 340 Å². The molecule has 1 aliphatic rings. The third-order valence-electron chi connectivity index (χ3n) is 10.7. The number of nitrogens with zero attached hydrogens (tertiary/aromatic N) is 2. The number of hydrogen-bond donors (Lipinski definition) is 1. The summed E-state index contributed by atoms with van der Waals surface area (Å²) in [7, 11) is -8.91. The van der Waals surface area contributed by atoms with Crippen LogP contribution in [0.25, 0.3) is 60.3 Å². The van der Waals surface area contributed by atoms with Gasteiger partial charge in [0.15, 0.2) is 11.5 Å². The van der Waals surface area contributed by atoms with Crippen LogP contribution in [0.2, 0.25) is 0 Å². The van der Waals surface area contributed by atoms with E-state index in [9.17, 15) is 16.8 Å². The summed E-state index contributed by atoms with van der Waals surface area (Å²) >= 11 is 0. The van der Waals surface area contributed by atoms with E-state index in [0.29, 0.717) is 22.3 Å². The fourth-order valence-corrected chi connectivity index (χ4v) is 9.64. The fourth-order valence-electron chi connectivity index (χ4n) is 7.76. The largest absolute Gasteiger partial charge is 0.378 e. The molecule has 9 aromatic rings. The normalized spacial score (nSPS) is 13.0. The average molecular weight is 812 g/mol. The molecule has 1 aliphatic heterocycles. The molecule has 0 spiro atoms. The minimum absolute atomic E-state index is 0.0685. The molecule has 0 fully saturated rings. The van der Waals surface area contributed by atoms with E-state index in [0.717, 1.165) is 49.0 Å². The van der Waals surface area contributed by atoms with Gasteiger partial charge in [-0.15, -0.1) is 0 Å². The topological polar surface area (TPSA) is 128 Å². The Morgan fingerprint density at radius 3 is 1.69 bits per heavy atom. The molecule has 288 valence electrons. The number of imidazole rings is 1. The molecular formula is C48H33N3O6S2. The van der Waals surface area contributed by atoms with Crippen LogP contribution in [0.1, 0.15) is 22.3 Å². The molecule has 8 aromatic carbocycles. The van der Waals surface area contributed by atoms with Crippen molar-refractivity contribution in [1.82, 2.24) is 9.97 Å². The molecule has 0 unspecified atom stereocenters. The lowest BCUT2D eigenvalue weighted by Crippen LogP contribution is -2.15. The molecule has 10 rings (SSSR count). The van der Waals surface area contributed by atoms with Gasteiger partial charge in [0.1, 0.15) is 15.6 Å². The van der Waals surface area contributed by atoms with E-state index < -0.39 is 20.2 Å². The lowest BCUT2D eigenvalue weighted by atomic mass is 9.94. The Morgan fingerprint density at radius 2 is 1.07 bits per heavy atom. The lowest BCUT2D eigenvalue weighted by molar-refractivity contribution is 0.478. The molecule has 2 heterocycles. The van der Waals surface area contributed by atoms with Crippen molar-refractivity contribution in [1.29, 1.82) is 0 Å². The van der Waals surface area contributed by atoms with Gasteiger partial charge in [-0.3, -0.25) is 0 Å². The molecule has 0 atom stereocenters. The van der Waals surface area contributed by atoms with E-state index in [1.165, 1.54) is 36.4 Å². The van der Waals surface area contributed by atoms with Crippen molar-refractivity contribution in [2.24, 2.45) is 4.99 Å². The summed E-state index contributed by atoms with van der Waals surface area (Å²) in [5.41, 5.74) is 5.53. The summed E-state index contributed by atoms with van der Waals surface area (Å²) in [6.07, 6.45) is 0. The van der Waals surface area contributed by atoms with Crippen LogP contribution in [0.5, 0.6) is 11.5 Å². The van der Waals surface area contributed by atoms with Gasteiger partial charge in [-0.1, -0.05) is 121 Å². The monoisotopic (exact) mass is 811 g/mol. The number of fused-ring (bicyclic) bond motifs is 9. The van der Waals surface area contributed by atoms with Crippen molar-refractivity contribution in [2.75, 3.05) is 0 Å². The second-order valence-corrected chi connectivity index (χ2v) is 17.7. The number of aromatic amines is 1. The first kappa shape index (κ1) is 36.3. The summed E-state index contributed by atoms with van der Waals surface area (Å²) in [4.78, 5) is 13.3. The standard InChI is InChI=1S/C48H33N3O6S2/c1-28-16-21-32(22-17-28)58(52,53)56-42-27-40(48-50-46-37-14-8-6-12-35(37)36-13-7-9-15-38(36)47(46)51-48)43(57-59(54,55)33-23-18-29(2)19-24-33)26-39(42)45-30(3)44-34-11-5-4-10-31(34)20-25-41(44)49-45/h4-27H,3H2,1-2H3,(H,50,51). The Hall–Kier alpha value is -7.08. The number of benzene rings is 8. The number of hydrogen-bond acceptors (Lipinski definition) is 8. The molecule has 9 nitrogen and oxygen atoms in total. The van der Waals surface area contributed by atoms with E-state index >= 15 is 0 Å². The molecule has 0 saturated heterocycles. The van der Waals surface area contributed by atoms with E-state index in [4.69, 9.17) is 18.3 Å². The number of allylic oxidation sites excluding steroid dienone is 1. The van der Waals surface area contributed by atoms with Gasteiger partial charge in [-0.25, -0.2) is 9.98 Å². The summed E-state index contributed by atoms with van der Waals surface area (Å²) in [6.45, 7) is 8.14. The van der Waals surface area contributed by atoms with Crippen LogP contribution in [-0.2, 0) is 20.2 Å². The maximum Gasteiger partial charge on any atom is 0.339 e. The van der Waals surface area contributed by atoms with E-state index in [-0.39, 0.29) is 44.0 Å². The zero-order chi connectivity index (χ0) is 40.6. The molecule has 0 amide bonds. The maximum atomic E-state index is 14.1. The van der Waals surface area contributed by atoms with Gasteiger partial charge in [0.05, 0.1) is 28.0 Å². The number of aromatic nitrogens is 2. The van der Waals surface area contributed by atoms with Crippen LogP contribution >= 0.6 is 0 Å². The molecule has 0 radical (unpaired) electrons. The Kier molecular flexibility index (Phi) is 8.31. The maximum absolute atomic E-state index is 14.1. The Morgan fingerprint density at radius 1 is 0.559 bits per heavy atom. The van der Waals surface area contributed by atoms with Crippen LogP contribution < -0.4 is 8.37 Å². The van der Waals surface area contributed by atoms with Gasteiger partial charge >= 0.3 is 20.2 Å². The number of aryl methyl sites for hydroxylation is 2. The summed E-state index contributed by atoms with van der Waals surface area (Å²) in [5, 5.41) is 5.62. The quantitative estimate of drug-likeness (QED) is 0.119. The van der Waals surface area contributed by atoms with Crippen LogP contribution in [0.3, 0.4) is 0 Å². The highest BCUT2D eigenvalue weighted by Gasteiger charge is 2.31. The predicted molar refractivity (Wildman–Crippen MR) is 234 cm³/mol. The third kappa shape index (κ3) is 6.14. The Bertz CT molecular complexity index is 3430. The van der Waals surface area contributed by atoms with Crippen LogP contribution in [0.15, 0.2) is 167 Å². The highest BCUT2D eigenvalue weighted by molar-refractivity contribution is 7.87. The van der Waals surface area contributed by atoms with Gasteiger partial charge in [-0.05, 0) is 77.9 Å². The van der Waals surface area contributed by atoms with E-state index in [1.807, 2.05) is 98.8 Å². The summed E-state index contributed by atoms with van der Waals surface area (Å²) in [5.74, 6) is -0.0429. The zero-order valence-electron chi connectivity index (χ0n) is 31.7. The second kappa shape index (κ2) is 13.5. The second-order valence-electron chi connectivity index (χ2n) is 14.6. The summed E-state index contributed by atoms with van der Waals surface area (Å²) in [6, 6.07) is 43.0. The first-order valence-corrected chi connectivity index (χ1v) is 21.6. The average Bonchev–Trinajstić information content (AvgIpc) is 3.83. The zero-order valence-corrected chi connectivity index (χ0v) is 33.4. The van der Waals surface area contributed by atoms with Crippen molar-refractivity contribution < 1.29 is 25.2 Å². The van der Waals surface area contributed by atoms with E-state index in [1.54, 1.807) is 24.3 Å². The van der Waals surface area contributed by atoms with Gasteiger partial charge in [0, 0.05) is 27.5 Å². The van der Waals surface area contributed by atoms with Crippen molar-refractivity contribution in [3.63, 3.8) is 0 Å². The van der Waals surface area contributed by atoms with Crippen LogP contribution in [0, 0.1) is 13.8 Å². The molecular weight excluding hydrogens is 779 g/mol. The number of aliphatic imine (C=N–C) groups is 1. The van der Waals surface area contributed by atoms with Crippen molar-refractivity contribution in [3.05, 3.63) is 174 Å². The van der Waals surface area contributed by atoms with Gasteiger partial charge < -0.3 is 13.4 Å². The smallest absolute Gasteiger partial charge is 0.339 e. The summed E-state index contributed by atoms with van der Waals surface area (Å²) < 4.78 is 68.7. The fraction of sp³-hybridized carbons (Fsp3) is 0.0417. The van der Waals surface area contributed by atoms with Gasteiger partial charge in [0.25, 0.3) is 0 Å². The number of nitrogens with one attached hydrogen (secondary N) is 1. The molecule has 0 bridgehead atoms. The number of rotatable bonds is 8. The van der Waals surface area contributed by atoms with E-state index in [2.05, 4.69) is 11.6 Å². The molecule has 0 saturated carbocycles. The highest BCUT2D eigenvalue weighted by Crippen LogP contribution is 2.46. The third-order valence-corrected chi connectivity index (χ3v) is 13.2. The minimum atomic E-state index is -4.45. The number of H-pyrrole nitrogens is 1. The predicted octanol–water partition coefficient (Wildman–Crippen LogP) is 11.0. The molecule has 1 N–H and O–H groups in total. The van der Waals surface area contributed by atoms with Crippen LogP contribution in [0.4, 0.5) is 5.69 Å². The van der Waals surface area contributed by atoms with Crippen molar-refractivity contribution in [3.8, 4) is 22.9 Å².